The number of carbonyl (C=O) groups excluding carboxylic acids is 3. The second kappa shape index (κ2) is 8.89. The molecule has 2 heterocycles. The van der Waals surface area contributed by atoms with E-state index in [-0.39, 0.29) is 17.5 Å². The maximum Gasteiger partial charge on any atom is 0.272 e. The summed E-state index contributed by atoms with van der Waals surface area (Å²) in [6.45, 7) is 7.64. The SMILES string of the molecule is CCNC(=O)C(C)NC(=O)c1cc2n(n1)CCCN(Cc1cccc(C)c1)C2=O. The fourth-order valence-electron chi connectivity index (χ4n) is 3.39. The number of nitrogens with one attached hydrogen (secondary N) is 2. The zero-order chi connectivity index (χ0) is 21.0. The number of fused-ring (bicyclic) bond motifs is 1. The summed E-state index contributed by atoms with van der Waals surface area (Å²) >= 11 is 0. The Labute approximate surface area is 170 Å². The van der Waals surface area contributed by atoms with Crippen LogP contribution in [0.4, 0.5) is 0 Å². The van der Waals surface area contributed by atoms with Crippen molar-refractivity contribution >= 4 is 17.7 Å². The van der Waals surface area contributed by atoms with Crippen molar-refractivity contribution < 1.29 is 14.4 Å². The molecular weight excluding hydrogens is 370 g/mol. The lowest BCUT2D eigenvalue weighted by atomic mass is 10.1. The van der Waals surface area contributed by atoms with Gasteiger partial charge in [-0.15, -0.1) is 0 Å². The first kappa shape index (κ1) is 20.6. The van der Waals surface area contributed by atoms with Gasteiger partial charge in [0.15, 0.2) is 5.69 Å². The minimum absolute atomic E-state index is 0.141. The molecule has 1 aromatic carbocycles. The van der Waals surface area contributed by atoms with Crippen molar-refractivity contribution in [1.29, 1.82) is 0 Å². The molecule has 0 saturated heterocycles. The first-order valence-electron chi connectivity index (χ1n) is 9.90. The number of rotatable bonds is 6. The van der Waals surface area contributed by atoms with Crippen molar-refractivity contribution in [3.8, 4) is 0 Å². The van der Waals surface area contributed by atoms with Gasteiger partial charge in [0, 0.05) is 32.2 Å². The van der Waals surface area contributed by atoms with Crippen molar-refractivity contribution in [1.82, 2.24) is 25.3 Å². The van der Waals surface area contributed by atoms with Gasteiger partial charge >= 0.3 is 0 Å². The number of benzene rings is 1. The lowest BCUT2D eigenvalue weighted by Gasteiger charge is -2.20. The quantitative estimate of drug-likeness (QED) is 0.772. The molecule has 3 amide bonds. The molecule has 0 aliphatic carbocycles. The van der Waals surface area contributed by atoms with E-state index in [9.17, 15) is 14.4 Å². The van der Waals surface area contributed by atoms with Crippen molar-refractivity contribution in [2.75, 3.05) is 13.1 Å². The van der Waals surface area contributed by atoms with Crippen molar-refractivity contribution in [3.63, 3.8) is 0 Å². The zero-order valence-electron chi connectivity index (χ0n) is 17.1. The third kappa shape index (κ3) is 4.82. The third-order valence-corrected chi connectivity index (χ3v) is 4.86. The summed E-state index contributed by atoms with van der Waals surface area (Å²) in [5, 5.41) is 9.59. The van der Waals surface area contributed by atoms with E-state index in [2.05, 4.69) is 21.8 Å². The van der Waals surface area contributed by atoms with Gasteiger partial charge in [-0.3, -0.25) is 19.1 Å². The maximum absolute atomic E-state index is 13.0. The van der Waals surface area contributed by atoms with Crippen LogP contribution in [-0.4, -0.2) is 51.5 Å². The van der Waals surface area contributed by atoms with Crippen LogP contribution in [0.25, 0.3) is 0 Å². The molecule has 1 atom stereocenters. The van der Waals surface area contributed by atoms with Crippen LogP contribution in [0.3, 0.4) is 0 Å². The molecule has 0 fully saturated rings. The highest BCUT2D eigenvalue weighted by Crippen LogP contribution is 2.17. The molecule has 8 heteroatoms. The Kier molecular flexibility index (Phi) is 6.31. The summed E-state index contributed by atoms with van der Waals surface area (Å²) in [7, 11) is 0. The molecule has 2 N–H and O–H groups in total. The van der Waals surface area contributed by atoms with Gasteiger partial charge in [0.1, 0.15) is 11.7 Å². The van der Waals surface area contributed by atoms with Crippen LogP contribution >= 0.6 is 0 Å². The predicted molar refractivity (Wildman–Crippen MR) is 108 cm³/mol. The van der Waals surface area contributed by atoms with Gasteiger partial charge in [-0.25, -0.2) is 0 Å². The number of aryl methyl sites for hydroxylation is 2. The van der Waals surface area contributed by atoms with Crippen molar-refractivity contribution in [2.45, 2.75) is 46.3 Å². The molecule has 3 rings (SSSR count). The van der Waals surface area contributed by atoms with E-state index in [1.807, 2.05) is 32.0 Å². The Hall–Kier alpha value is -3.16. The standard InChI is InChI=1S/C21H27N5O3/c1-4-22-19(27)15(3)23-20(28)17-12-18-21(29)25(9-6-10-26(18)24-17)13-16-8-5-7-14(2)11-16/h5,7-8,11-12,15H,4,6,9-10,13H2,1-3H3,(H,22,27)(H,23,28). The summed E-state index contributed by atoms with van der Waals surface area (Å²) in [5.74, 6) is -0.878. The van der Waals surface area contributed by atoms with E-state index < -0.39 is 11.9 Å². The predicted octanol–water partition coefficient (Wildman–Crippen LogP) is 1.49. The Bertz CT molecular complexity index is 921. The van der Waals surface area contributed by atoms with Gasteiger partial charge < -0.3 is 15.5 Å². The van der Waals surface area contributed by atoms with E-state index >= 15 is 0 Å². The number of carbonyl (C=O) groups is 3. The van der Waals surface area contributed by atoms with Crippen LogP contribution in [0.15, 0.2) is 30.3 Å². The molecule has 8 nitrogen and oxygen atoms in total. The number of hydrogen-bond acceptors (Lipinski definition) is 4. The van der Waals surface area contributed by atoms with Gasteiger partial charge in [0.2, 0.25) is 5.91 Å². The molecule has 0 radical (unpaired) electrons. The van der Waals surface area contributed by atoms with Crippen molar-refractivity contribution in [2.24, 2.45) is 0 Å². The third-order valence-electron chi connectivity index (χ3n) is 4.86. The van der Waals surface area contributed by atoms with Gasteiger partial charge in [0.25, 0.3) is 11.8 Å². The second-order valence-corrected chi connectivity index (χ2v) is 7.30. The van der Waals surface area contributed by atoms with Gasteiger partial charge in [-0.2, -0.15) is 5.10 Å². The zero-order valence-corrected chi connectivity index (χ0v) is 17.1. The summed E-state index contributed by atoms with van der Waals surface area (Å²) in [5.41, 5.74) is 2.75. The topological polar surface area (TPSA) is 96.3 Å². The van der Waals surface area contributed by atoms with Crippen molar-refractivity contribution in [3.05, 3.63) is 52.8 Å². The van der Waals surface area contributed by atoms with Gasteiger partial charge in [0.05, 0.1) is 0 Å². The smallest absolute Gasteiger partial charge is 0.272 e. The Balaban J connectivity index is 1.74. The average molecular weight is 397 g/mol. The first-order valence-corrected chi connectivity index (χ1v) is 9.90. The van der Waals surface area contributed by atoms with Gasteiger partial charge in [-0.1, -0.05) is 29.8 Å². The molecule has 29 heavy (non-hydrogen) atoms. The molecule has 1 aliphatic rings. The largest absolute Gasteiger partial charge is 0.355 e. The number of likely N-dealkylation sites (N-methyl/N-ethyl adjacent to an activating group) is 1. The van der Waals surface area contributed by atoms with Crippen LogP contribution < -0.4 is 10.6 Å². The van der Waals surface area contributed by atoms with E-state index in [4.69, 9.17) is 0 Å². The van der Waals surface area contributed by atoms with Crippen LogP contribution in [0, 0.1) is 6.92 Å². The number of amides is 3. The van der Waals surface area contributed by atoms with Crippen LogP contribution in [0.1, 0.15) is 52.4 Å². The van der Waals surface area contributed by atoms with E-state index in [0.717, 1.165) is 17.5 Å². The molecule has 1 aromatic heterocycles. The number of nitrogens with zero attached hydrogens (tertiary/aromatic N) is 3. The van der Waals surface area contributed by atoms with E-state index in [1.54, 1.807) is 16.5 Å². The lowest BCUT2D eigenvalue weighted by Crippen LogP contribution is -2.44. The van der Waals surface area contributed by atoms with Crippen LogP contribution in [0.2, 0.25) is 0 Å². The normalized spacial score (nSPS) is 14.7. The Morgan fingerprint density at radius 1 is 1.24 bits per heavy atom. The van der Waals surface area contributed by atoms with E-state index in [1.165, 1.54) is 6.07 Å². The number of aromatic nitrogens is 2. The fourth-order valence-corrected chi connectivity index (χ4v) is 3.39. The molecule has 1 aliphatic heterocycles. The molecular formula is C21H27N5O3. The molecule has 1 unspecified atom stereocenters. The Morgan fingerprint density at radius 3 is 2.76 bits per heavy atom. The van der Waals surface area contributed by atoms with E-state index in [0.29, 0.717) is 31.9 Å². The minimum atomic E-state index is -0.683. The minimum Gasteiger partial charge on any atom is -0.355 e. The highest BCUT2D eigenvalue weighted by Gasteiger charge is 2.27. The second-order valence-electron chi connectivity index (χ2n) is 7.30. The average Bonchev–Trinajstić information content (AvgIpc) is 3.05. The van der Waals surface area contributed by atoms with Gasteiger partial charge in [-0.05, 0) is 32.8 Å². The highest BCUT2D eigenvalue weighted by atomic mass is 16.2. The molecule has 154 valence electrons. The molecule has 0 spiro atoms. The summed E-state index contributed by atoms with van der Waals surface area (Å²) in [4.78, 5) is 39.2. The summed E-state index contributed by atoms with van der Waals surface area (Å²) in [6.07, 6.45) is 0.753. The Morgan fingerprint density at radius 2 is 2.03 bits per heavy atom. The molecule has 0 saturated carbocycles. The monoisotopic (exact) mass is 397 g/mol. The van der Waals surface area contributed by atoms with Crippen LogP contribution in [-0.2, 0) is 17.9 Å². The lowest BCUT2D eigenvalue weighted by molar-refractivity contribution is -0.122. The number of hydrogen-bond donors (Lipinski definition) is 2. The maximum atomic E-state index is 13.0. The summed E-state index contributed by atoms with van der Waals surface area (Å²) in [6, 6.07) is 8.90. The highest BCUT2D eigenvalue weighted by molar-refractivity contribution is 5.99. The molecule has 2 aromatic rings. The molecule has 0 bridgehead atoms. The first-order chi connectivity index (χ1) is 13.9. The summed E-state index contributed by atoms with van der Waals surface area (Å²) < 4.78 is 1.59. The fraction of sp³-hybridized carbons (Fsp3) is 0.429. The van der Waals surface area contributed by atoms with Crippen LogP contribution in [0.5, 0.6) is 0 Å².